The van der Waals surface area contributed by atoms with Gasteiger partial charge in [0.15, 0.2) is 0 Å². The number of piperazine rings is 1. The third kappa shape index (κ3) is 6.97. The lowest BCUT2D eigenvalue weighted by atomic mass is 9.90. The molecule has 1 aromatic carbocycles. The molecular weight excluding hydrogens is 444 g/mol. The minimum Gasteiger partial charge on any atom is -0.444 e. The van der Waals surface area contributed by atoms with Crippen molar-refractivity contribution in [3.05, 3.63) is 29.8 Å². The molecule has 3 fully saturated rings. The van der Waals surface area contributed by atoms with E-state index in [1.54, 1.807) is 0 Å². The second-order valence-corrected chi connectivity index (χ2v) is 11.1. The second kappa shape index (κ2) is 11.0. The predicted molar refractivity (Wildman–Crippen MR) is 135 cm³/mol. The summed E-state index contributed by atoms with van der Waals surface area (Å²) in [6, 6.07) is 8.27. The first-order chi connectivity index (χ1) is 16.7. The highest BCUT2D eigenvalue weighted by molar-refractivity contribution is 6.00. The largest absolute Gasteiger partial charge is 0.444 e. The van der Waals surface area contributed by atoms with Crippen LogP contribution >= 0.6 is 0 Å². The van der Waals surface area contributed by atoms with Crippen LogP contribution in [0, 0.1) is 5.92 Å². The smallest absolute Gasteiger partial charge is 0.410 e. The summed E-state index contributed by atoms with van der Waals surface area (Å²) >= 11 is 0. The molecule has 1 aromatic rings. The maximum absolute atomic E-state index is 12.3. The third-order valence-electron chi connectivity index (χ3n) is 7.39. The van der Waals surface area contributed by atoms with Gasteiger partial charge >= 0.3 is 6.09 Å². The summed E-state index contributed by atoms with van der Waals surface area (Å²) in [6.45, 7) is 12.5. The molecule has 1 N–H and O–H groups in total. The van der Waals surface area contributed by atoms with Crippen molar-refractivity contribution in [2.45, 2.75) is 64.4 Å². The van der Waals surface area contributed by atoms with Crippen LogP contribution in [0.5, 0.6) is 0 Å². The Balaban J connectivity index is 1.16. The van der Waals surface area contributed by atoms with E-state index in [1.807, 2.05) is 37.8 Å². The highest BCUT2D eigenvalue weighted by Crippen LogP contribution is 2.28. The van der Waals surface area contributed by atoms with Gasteiger partial charge in [-0.2, -0.15) is 0 Å². The van der Waals surface area contributed by atoms with Gasteiger partial charge in [-0.05, 0) is 76.6 Å². The zero-order valence-electron chi connectivity index (χ0n) is 21.4. The van der Waals surface area contributed by atoms with Gasteiger partial charge in [-0.1, -0.05) is 12.1 Å². The quantitative estimate of drug-likeness (QED) is 0.646. The van der Waals surface area contributed by atoms with Gasteiger partial charge in [-0.25, -0.2) is 4.79 Å². The lowest BCUT2D eigenvalue weighted by Gasteiger charge is -2.38. The number of anilines is 1. The van der Waals surface area contributed by atoms with Gasteiger partial charge in [0.05, 0.1) is 5.92 Å². The fourth-order valence-electron chi connectivity index (χ4n) is 5.25. The van der Waals surface area contributed by atoms with Crippen LogP contribution in [0.4, 0.5) is 10.5 Å². The molecule has 192 valence electrons. The minimum atomic E-state index is -0.439. The van der Waals surface area contributed by atoms with Gasteiger partial charge in [0.1, 0.15) is 5.60 Å². The Morgan fingerprint density at radius 2 is 1.63 bits per heavy atom. The highest BCUT2D eigenvalue weighted by atomic mass is 16.6. The van der Waals surface area contributed by atoms with E-state index in [0.717, 1.165) is 64.2 Å². The average molecular weight is 485 g/mol. The first kappa shape index (κ1) is 25.5. The summed E-state index contributed by atoms with van der Waals surface area (Å²) in [5.74, 6) is 0.0891. The first-order valence-corrected chi connectivity index (χ1v) is 13.1. The molecule has 3 aliphatic rings. The molecule has 8 heteroatoms. The molecule has 4 rings (SSSR count). The predicted octanol–water partition coefficient (Wildman–Crippen LogP) is 3.37. The molecule has 1 atom stereocenters. The van der Waals surface area contributed by atoms with E-state index in [0.29, 0.717) is 18.8 Å². The van der Waals surface area contributed by atoms with E-state index >= 15 is 0 Å². The fourth-order valence-corrected chi connectivity index (χ4v) is 5.25. The lowest BCUT2D eigenvalue weighted by molar-refractivity contribution is -0.134. The number of carbonyl (C=O) groups excluding carboxylic acids is 3. The number of hydrogen-bond donors (Lipinski definition) is 1. The molecule has 3 heterocycles. The van der Waals surface area contributed by atoms with Crippen LogP contribution in [0.2, 0.25) is 0 Å². The summed E-state index contributed by atoms with van der Waals surface area (Å²) in [4.78, 5) is 42.6. The number of hydrogen-bond acceptors (Lipinski definition) is 6. The van der Waals surface area contributed by atoms with Crippen molar-refractivity contribution in [1.82, 2.24) is 15.1 Å². The van der Waals surface area contributed by atoms with Gasteiger partial charge in [0, 0.05) is 51.4 Å². The van der Waals surface area contributed by atoms with Crippen LogP contribution in [0.15, 0.2) is 24.3 Å². The number of benzene rings is 1. The van der Waals surface area contributed by atoms with E-state index < -0.39 is 5.60 Å². The Labute approximate surface area is 209 Å². The van der Waals surface area contributed by atoms with Crippen molar-refractivity contribution in [3.63, 3.8) is 0 Å². The van der Waals surface area contributed by atoms with Crippen molar-refractivity contribution in [2.75, 3.05) is 50.7 Å². The van der Waals surface area contributed by atoms with Gasteiger partial charge in [0.25, 0.3) is 0 Å². The molecule has 35 heavy (non-hydrogen) atoms. The molecule has 0 saturated carbocycles. The number of piperidine rings is 2. The van der Waals surface area contributed by atoms with E-state index in [9.17, 15) is 14.4 Å². The van der Waals surface area contributed by atoms with E-state index in [-0.39, 0.29) is 23.8 Å². The molecule has 0 spiro atoms. The standard InChI is InChI=1S/C27H40N4O4/c1-27(2,3)35-26(34)31-14-11-20(12-15-31)10-13-29-16-18-30(19-17-29)22-6-4-21(5-7-22)23-8-9-24(32)28-25(23)33/h4-7,20,23H,8-19H2,1-3H3,(H,28,32,33). The van der Waals surface area contributed by atoms with Crippen molar-refractivity contribution >= 4 is 23.6 Å². The van der Waals surface area contributed by atoms with Crippen molar-refractivity contribution in [1.29, 1.82) is 0 Å². The molecule has 0 aliphatic carbocycles. The second-order valence-electron chi connectivity index (χ2n) is 11.1. The molecule has 8 nitrogen and oxygen atoms in total. The summed E-state index contributed by atoms with van der Waals surface area (Å²) in [7, 11) is 0. The number of nitrogens with one attached hydrogen (secondary N) is 1. The zero-order valence-corrected chi connectivity index (χ0v) is 21.4. The Morgan fingerprint density at radius 3 is 2.23 bits per heavy atom. The maximum atomic E-state index is 12.3. The Bertz CT molecular complexity index is 895. The van der Waals surface area contributed by atoms with Crippen LogP contribution in [0.3, 0.4) is 0 Å². The Kier molecular flexibility index (Phi) is 7.99. The maximum Gasteiger partial charge on any atom is 0.410 e. The van der Waals surface area contributed by atoms with Crippen LogP contribution < -0.4 is 10.2 Å². The van der Waals surface area contributed by atoms with Crippen LogP contribution in [-0.2, 0) is 14.3 Å². The van der Waals surface area contributed by atoms with Gasteiger partial charge < -0.3 is 14.5 Å². The van der Waals surface area contributed by atoms with Crippen LogP contribution in [-0.4, -0.2) is 79.1 Å². The van der Waals surface area contributed by atoms with Crippen LogP contribution in [0.25, 0.3) is 0 Å². The number of imide groups is 1. The normalized spacial score (nSPS) is 22.8. The number of nitrogens with zero attached hydrogens (tertiary/aromatic N) is 3. The minimum absolute atomic E-state index is 0.174. The highest BCUT2D eigenvalue weighted by Gasteiger charge is 2.29. The van der Waals surface area contributed by atoms with Gasteiger partial charge in [-0.3, -0.25) is 19.8 Å². The number of rotatable bonds is 5. The topological polar surface area (TPSA) is 82.2 Å². The fraction of sp³-hybridized carbons (Fsp3) is 0.667. The molecule has 1 unspecified atom stereocenters. The summed E-state index contributed by atoms with van der Waals surface area (Å²) in [5, 5.41) is 2.44. The van der Waals surface area contributed by atoms with Crippen molar-refractivity contribution in [3.8, 4) is 0 Å². The number of carbonyl (C=O) groups is 3. The van der Waals surface area contributed by atoms with Crippen molar-refractivity contribution < 1.29 is 19.1 Å². The molecule has 3 aliphatic heterocycles. The third-order valence-corrected chi connectivity index (χ3v) is 7.39. The van der Waals surface area contributed by atoms with E-state index in [1.165, 1.54) is 12.1 Å². The van der Waals surface area contributed by atoms with E-state index in [4.69, 9.17) is 4.74 Å². The van der Waals surface area contributed by atoms with Crippen molar-refractivity contribution in [2.24, 2.45) is 5.92 Å². The monoisotopic (exact) mass is 484 g/mol. The molecule has 0 bridgehead atoms. The summed E-state index contributed by atoms with van der Waals surface area (Å²) in [6.07, 6.45) is 4.10. The number of ether oxygens (including phenoxy) is 1. The molecule has 0 aromatic heterocycles. The first-order valence-electron chi connectivity index (χ1n) is 13.1. The number of amides is 3. The molecule has 3 saturated heterocycles. The Morgan fingerprint density at radius 1 is 0.971 bits per heavy atom. The van der Waals surface area contributed by atoms with E-state index in [2.05, 4.69) is 27.2 Å². The van der Waals surface area contributed by atoms with Crippen LogP contribution in [0.1, 0.15) is 64.4 Å². The molecular formula is C27H40N4O4. The summed E-state index contributed by atoms with van der Waals surface area (Å²) in [5.41, 5.74) is 1.73. The lowest BCUT2D eigenvalue weighted by Crippen LogP contribution is -2.47. The van der Waals surface area contributed by atoms with Gasteiger partial charge in [-0.15, -0.1) is 0 Å². The Hall–Kier alpha value is -2.61. The number of likely N-dealkylation sites (tertiary alicyclic amines) is 1. The zero-order chi connectivity index (χ0) is 25.0. The molecule has 3 amide bonds. The average Bonchev–Trinajstić information content (AvgIpc) is 2.83. The summed E-state index contributed by atoms with van der Waals surface area (Å²) < 4.78 is 5.50. The van der Waals surface area contributed by atoms with Gasteiger partial charge in [0.2, 0.25) is 11.8 Å². The SMILES string of the molecule is CC(C)(C)OC(=O)N1CCC(CCN2CCN(c3ccc(C4CCC(=O)NC4=O)cc3)CC2)CC1. The molecule has 0 radical (unpaired) electrons.